The van der Waals surface area contributed by atoms with Gasteiger partial charge in [-0.1, -0.05) is 11.6 Å². The Morgan fingerprint density at radius 2 is 2.25 bits per heavy atom. The van der Waals surface area contributed by atoms with E-state index >= 15 is 0 Å². The van der Waals surface area contributed by atoms with Crippen LogP contribution in [0, 0.1) is 10.1 Å². The van der Waals surface area contributed by atoms with Gasteiger partial charge in [-0.3, -0.25) is 14.9 Å². The third-order valence-corrected chi connectivity index (χ3v) is 3.08. The van der Waals surface area contributed by atoms with Gasteiger partial charge in [-0.05, 0) is 22.0 Å². The van der Waals surface area contributed by atoms with E-state index in [9.17, 15) is 14.9 Å². The van der Waals surface area contributed by atoms with E-state index in [1.807, 2.05) is 0 Å². The summed E-state index contributed by atoms with van der Waals surface area (Å²) in [6, 6.07) is 2.64. The van der Waals surface area contributed by atoms with Gasteiger partial charge >= 0.3 is 5.97 Å². The second-order valence-electron chi connectivity index (χ2n) is 2.91. The molecule has 1 rings (SSSR count). The standard InChI is InChI=1S/C9H7BrClNO4/c1-16-9(13)3-5-2-6(10)7(11)4-8(5)12(14)15/h2,4H,3H2,1H3. The molecule has 0 fully saturated rings. The summed E-state index contributed by atoms with van der Waals surface area (Å²) in [5, 5.41) is 11.0. The molecular formula is C9H7BrClNO4. The highest BCUT2D eigenvalue weighted by atomic mass is 79.9. The minimum absolute atomic E-state index is 0.164. The summed E-state index contributed by atoms with van der Waals surface area (Å²) in [5.41, 5.74) is 0.0618. The number of nitro groups is 1. The molecule has 0 bridgehead atoms. The first-order valence-electron chi connectivity index (χ1n) is 4.15. The van der Waals surface area contributed by atoms with Gasteiger partial charge in [-0.25, -0.2) is 0 Å². The van der Waals surface area contributed by atoms with Gasteiger partial charge in [-0.15, -0.1) is 0 Å². The number of hydrogen-bond acceptors (Lipinski definition) is 4. The number of carbonyl (C=O) groups excluding carboxylic acids is 1. The van der Waals surface area contributed by atoms with Gasteiger partial charge < -0.3 is 4.74 Å². The molecule has 7 heteroatoms. The molecule has 0 aliphatic carbocycles. The van der Waals surface area contributed by atoms with Crippen LogP contribution in [0.5, 0.6) is 0 Å². The second-order valence-corrected chi connectivity index (χ2v) is 4.17. The SMILES string of the molecule is COC(=O)Cc1cc(Br)c(Cl)cc1[N+](=O)[O-]. The highest BCUT2D eigenvalue weighted by molar-refractivity contribution is 9.10. The van der Waals surface area contributed by atoms with E-state index in [2.05, 4.69) is 20.7 Å². The minimum atomic E-state index is -0.587. The molecule has 0 unspecified atom stereocenters. The number of rotatable bonds is 3. The maximum Gasteiger partial charge on any atom is 0.310 e. The summed E-state index contributed by atoms with van der Waals surface area (Å²) in [5.74, 6) is -0.544. The molecule has 0 spiro atoms. The predicted molar refractivity (Wildman–Crippen MR) is 61.5 cm³/mol. The summed E-state index contributed by atoms with van der Waals surface area (Å²) in [6.07, 6.45) is -0.164. The minimum Gasteiger partial charge on any atom is -0.469 e. The van der Waals surface area contributed by atoms with E-state index in [4.69, 9.17) is 11.6 Å². The van der Waals surface area contributed by atoms with Crippen molar-refractivity contribution in [2.45, 2.75) is 6.42 Å². The first kappa shape index (κ1) is 12.9. The Kier molecular flexibility index (Phi) is 4.26. The zero-order valence-corrected chi connectivity index (χ0v) is 10.5. The molecule has 0 atom stereocenters. The van der Waals surface area contributed by atoms with E-state index < -0.39 is 10.9 Å². The van der Waals surface area contributed by atoms with Crippen LogP contribution in [0.3, 0.4) is 0 Å². The van der Waals surface area contributed by atoms with Crippen LogP contribution < -0.4 is 0 Å². The molecule has 0 N–H and O–H groups in total. The number of ether oxygens (including phenoxy) is 1. The summed E-state index contributed by atoms with van der Waals surface area (Å²) in [4.78, 5) is 21.2. The monoisotopic (exact) mass is 307 g/mol. The van der Waals surface area contributed by atoms with E-state index in [1.54, 1.807) is 0 Å². The maximum absolute atomic E-state index is 11.1. The molecule has 0 aromatic heterocycles. The molecule has 0 heterocycles. The van der Waals surface area contributed by atoms with E-state index in [0.29, 0.717) is 4.47 Å². The van der Waals surface area contributed by atoms with Crippen molar-refractivity contribution in [1.82, 2.24) is 0 Å². The number of hydrogen-bond donors (Lipinski definition) is 0. The average Bonchev–Trinajstić information content (AvgIpc) is 2.22. The lowest BCUT2D eigenvalue weighted by Gasteiger charge is -2.04. The van der Waals surface area contributed by atoms with Gasteiger partial charge in [0.2, 0.25) is 0 Å². The van der Waals surface area contributed by atoms with E-state index in [1.165, 1.54) is 19.2 Å². The molecule has 0 saturated heterocycles. The molecule has 0 saturated carbocycles. The Morgan fingerprint density at radius 1 is 1.62 bits per heavy atom. The Morgan fingerprint density at radius 3 is 2.75 bits per heavy atom. The Balaban J connectivity index is 3.19. The van der Waals surface area contributed by atoms with Gasteiger partial charge in [0.15, 0.2) is 0 Å². The lowest BCUT2D eigenvalue weighted by molar-refractivity contribution is -0.385. The van der Waals surface area contributed by atoms with Crippen molar-refractivity contribution < 1.29 is 14.5 Å². The molecule has 86 valence electrons. The number of benzene rings is 1. The van der Waals surface area contributed by atoms with Gasteiger partial charge in [0, 0.05) is 16.1 Å². The molecule has 0 aliphatic heterocycles. The summed E-state index contributed by atoms with van der Waals surface area (Å²) < 4.78 is 4.95. The van der Waals surface area contributed by atoms with Crippen molar-refractivity contribution in [3.05, 3.63) is 37.3 Å². The van der Waals surface area contributed by atoms with Crippen LogP contribution in [0.4, 0.5) is 5.69 Å². The molecule has 5 nitrogen and oxygen atoms in total. The van der Waals surface area contributed by atoms with Gasteiger partial charge in [0.05, 0.1) is 23.5 Å². The van der Waals surface area contributed by atoms with Crippen LogP contribution >= 0.6 is 27.5 Å². The molecular weight excluding hydrogens is 301 g/mol. The number of nitrogens with zero attached hydrogens (tertiary/aromatic N) is 1. The van der Waals surface area contributed by atoms with Crippen molar-refractivity contribution in [2.24, 2.45) is 0 Å². The molecule has 0 aliphatic rings. The van der Waals surface area contributed by atoms with E-state index in [-0.39, 0.29) is 22.7 Å². The van der Waals surface area contributed by atoms with Crippen molar-refractivity contribution in [3.63, 3.8) is 0 Å². The molecule has 1 aromatic rings. The Hall–Kier alpha value is -1.14. The predicted octanol–water partition coefficient (Wildman–Crippen LogP) is 2.73. The fourth-order valence-electron chi connectivity index (χ4n) is 1.12. The Labute approximate surface area is 105 Å². The lowest BCUT2D eigenvalue weighted by Crippen LogP contribution is -2.07. The fourth-order valence-corrected chi connectivity index (χ4v) is 1.67. The zero-order valence-electron chi connectivity index (χ0n) is 8.20. The van der Waals surface area contributed by atoms with Crippen molar-refractivity contribution in [2.75, 3.05) is 7.11 Å². The van der Waals surface area contributed by atoms with Crippen LogP contribution in [-0.4, -0.2) is 18.0 Å². The lowest BCUT2D eigenvalue weighted by atomic mass is 10.1. The highest BCUT2D eigenvalue weighted by Crippen LogP contribution is 2.31. The number of esters is 1. The normalized spacial score (nSPS) is 9.94. The third kappa shape index (κ3) is 2.93. The second kappa shape index (κ2) is 5.27. The number of nitro benzene ring substituents is 1. The fraction of sp³-hybridized carbons (Fsp3) is 0.222. The van der Waals surface area contributed by atoms with Crippen LogP contribution in [-0.2, 0) is 16.0 Å². The topological polar surface area (TPSA) is 69.4 Å². The van der Waals surface area contributed by atoms with Crippen molar-refractivity contribution in [1.29, 1.82) is 0 Å². The van der Waals surface area contributed by atoms with Gasteiger partial charge in [0.25, 0.3) is 5.69 Å². The van der Waals surface area contributed by atoms with Crippen LogP contribution in [0.2, 0.25) is 5.02 Å². The number of methoxy groups -OCH3 is 1. The third-order valence-electron chi connectivity index (χ3n) is 1.88. The summed E-state index contributed by atoms with van der Waals surface area (Å²) in [6.45, 7) is 0. The first-order chi connectivity index (χ1) is 7.45. The van der Waals surface area contributed by atoms with Crippen LogP contribution in [0.1, 0.15) is 5.56 Å². The van der Waals surface area contributed by atoms with Crippen LogP contribution in [0.25, 0.3) is 0 Å². The smallest absolute Gasteiger partial charge is 0.310 e. The van der Waals surface area contributed by atoms with Gasteiger partial charge in [0.1, 0.15) is 0 Å². The number of carbonyl (C=O) groups is 1. The molecule has 0 amide bonds. The number of halogens is 2. The highest BCUT2D eigenvalue weighted by Gasteiger charge is 2.19. The summed E-state index contributed by atoms with van der Waals surface area (Å²) >= 11 is 8.87. The summed E-state index contributed by atoms with van der Waals surface area (Å²) in [7, 11) is 1.22. The average molecular weight is 309 g/mol. The molecule has 0 radical (unpaired) electrons. The quantitative estimate of drug-likeness (QED) is 0.489. The van der Waals surface area contributed by atoms with Gasteiger partial charge in [-0.2, -0.15) is 0 Å². The largest absolute Gasteiger partial charge is 0.469 e. The first-order valence-corrected chi connectivity index (χ1v) is 5.32. The Bertz CT molecular complexity index is 449. The molecule has 1 aromatic carbocycles. The maximum atomic E-state index is 11.1. The molecule has 16 heavy (non-hydrogen) atoms. The van der Waals surface area contributed by atoms with Crippen molar-refractivity contribution in [3.8, 4) is 0 Å². The van der Waals surface area contributed by atoms with E-state index in [0.717, 1.165) is 0 Å². The zero-order chi connectivity index (χ0) is 12.3. The van der Waals surface area contributed by atoms with Crippen LogP contribution in [0.15, 0.2) is 16.6 Å². The van der Waals surface area contributed by atoms with Crippen molar-refractivity contribution >= 4 is 39.2 Å².